The van der Waals surface area contributed by atoms with Gasteiger partial charge in [-0.05, 0) is 32.4 Å². The Balaban J connectivity index is 1.94. The zero-order valence-electron chi connectivity index (χ0n) is 11.1. The Labute approximate surface area is 111 Å². The third-order valence-electron chi connectivity index (χ3n) is 2.90. The van der Waals surface area contributed by atoms with E-state index in [2.05, 4.69) is 10.6 Å². The maximum atomic E-state index is 11.5. The van der Waals surface area contributed by atoms with E-state index in [0.29, 0.717) is 31.4 Å². The first-order valence-corrected chi connectivity index (χ1v) is 8.30. The van der Waals surface area contributed by atoms with Crippen LogP contribution in [0.25, 0.3) is 0 Å². The molecule has 0 radical (unpaired) electrons. The van der Waals surface area contributed by atoms with Gasteiger partial charge in [-0.3, -0.25) is 9.00 Å². The summed E-state index contributed by atoms with van der Waals surface area (Å²) in [7, 11) is -0.771. The molecule has 1 amide bonds. The van der Waals surface area contributed by atoms with Gasteiger partial charge in [-0.1, -0.05) is 0 Å². The van der Waals surface area contributed by atoms with Gasteiger partial charge in [-0.25, -0.2) is 0 Å². The van der Waals surface area contributed by atoms with Crippen LogP contribution in [0.2, 0.25) is 0 Å². The fourth-order valence-electron chi connectivity index (χ4n) is 1.87. The number of carbonyl (C=O) groups excluding carboxylic acids is 1. The van der Waals surface area contributed by atoms with Crippen LogP contribution < -0.4 is 10.6 Å². The summed E-state index contributed by atoms with van der Waals surface area (Å²) in [5.74, 6) is 0.664. The van der Waals surface area contributed by atoms with Crippen molar-refractivity contribution in [3.63, 3.8) is 0 Å². The van der Waals surface area contributed by atoms with Gasteiger partial charge in [0.25, 0.3) is 0 Å². The Morgan fingerprint density at radius 2 is 2.17 bits per heavy atom. The number of nitrogens with one attached hydrogen (secondary N) is 2. The number of amides is 1. The summed E-state index contributed by atoms with van der Waals surface area (Å²) >= 11 is 0. The summed E-state index contributed by atoms with van der Waals surface area (Å²) in [6.45, 7) is 3.11. The third kappa shape index (κ3) is 7.79. The van der Waals surface area contributed by atoms with Gasteiger partial charge in [-0.15, -0.1) is 0 Å². The topological polar surface area (TPSA) is 67.4 Å². The predicted octanol–water partition coefficient (Wildman–Crippen LogP) is 0.0299. The van der Waals surface area contributed by atoms with Crippen LogP contribution in [0.1, 0.15) is 25.7 Å². The monoisotopic (exact) mass is 276 g/mol. The number of rotatable bonds is 8. The van der Waals surface area contributed by atoms with Crippen LogP contribution in [0.4, 0.5) is 0 Å². The summed E-state index contributed by atoms with van der Waals surface area (Å²) in [6, 6.07) is 0. The van der Waals surface area contributed by atoms with E-state index in [0.717, 1.165) is 32.4 Å². The molecule has 1 aliphatic rings. The van der Waals surface area contributed by atoms with E-state index in [1.807, 2.05) is 0 Å². The average Bonchev–Trinajstić information content (AvgIpc) is 2.36. The van der Waals surface area contributed by atoms with E-state index >= 15 is 0 Å². The lowest BCUT2D eigenvalue weighted by Crippen LogP contribution is -2.33. The van der Waals surface area contributed by atoms with Gasteiger partial charge in [0, 0.05) is 35.8 Å². The van der Waals surface area contributed by atoms with Crippen LogP contribution in [0.5, 0.6) is 0 Å². The van der Waals surface area contributed by atoms with Gasteiger partial charge in [0.2, 0.25) is 5.91 Å². The second-order valence-electron chi connectivity index (χ2n) is 4.55. The fraction of sp³-hybridized carbons (Fsp3) is 0.917. The molecule has 1 heterocycles. The summed E-state index contributed by atoms with van der Waals surface area (Å²) in [4.78, 5) is 11.5. The van der Waals surface area contributed by atoms with E-state index in [1.54, 1.807) is 6.26 Å². The first-order chi connectivity index (χ1) is 8.68. The van der Waals surface area contributed by atoms with Crippen molar-refractivity contribution in [1.82, 2.24) is 10.6 Å². The molecule has 6 heteroatoms. The van der Waals surface area contributed by atoms with Crippen molar-refractivity contribution in [2.24, 2.45) is 0 Å². The van der Waals surface area contributed by atoms with E-state index in [-0.39, 0.29) is 5.91 Å². The highest BCUT2D eigenvalue weighted by atomic mass is 32.2. The summed E-state index contributed by atoms with van der Waals surface area (Å²) in [5, 5.41) is 6.08. The molecule has 1 aliphatic heterocycles. The standard InChI is InChI=1S/C12H24N2O3S/c1-18(16)10-2-6-14-12(15)5-9-17-11-3-7-13-8-4-11/h11,13H,2-10H2,1H3,(H,14,15). The molecule has 0 bridgehead atoms. The summed E-state index contributed by atoms with van der Waals surface area (Å²) < 4.78 is 16.5. The van der Waals surface area contributed by atoms with Gasteiger partial charge in [0.1, 0.15) is 0 Å². The zero-order chi connectivity index (χ0) is 13.2. The molecule has 0 saturated carbocycles. The first kappa shape index (κ1) is 15.6. The SMILES string of the molecule is CS(=O)CCCNC(=O)CCOC1CCNCC1. The fourth-order valence-corrected chi connectivity index (χ4v) is 2.42. The van der Waals surface area contributed by atoms with E-state index in [9.17, 15) is 9.00 Å². The molecule has 1 fully saturated rings. The van der Waals surface area contributed by atoms with Crippen LogP contribution in [0, 0.1) is 0 Å². The molecule has 1 unspecified atom stereocenters. The van der Waals surface area contributed by atoms with Gasteiger partial charge in [0.05, 0.1) is 12.7 Å². The maximum Gasteiger partial charge on any atom is 0.222 e. The van der Waals surface area contributed by atoms with Crippen molar-refractivity contribution < 1.29 is 13.7 Å². The minimum atomic E-state index is -0.771. The number of ether oxygens (including phenoxy) is 1. The molecule has 0 aromatic carbocycles. The largest absolute Gasteiger partial charge is 0.378 e. The predicted molar refractivity (Wildman–Crippen MR) is 73.0 cm³/mol. The number of hydrogen-bond acceptors (Lipinski definition) is 4. The molecule has 5 nitrogen and oxygen atoms in total. The Morgan fingerprint density at radius 3 is 2.83 bits per heavy atom. The maximum absolute atomic E-state index is 11.5. The molecule has 0 aliphatic carbocycles. The molecule has 1 saturated heterocycles. The molecule has 0 aromatic rings. The molecule has 0 spiro atoms. The Hall–Kier alpha value is -0.460. The smallest absolute Gasteiger partial charge is 0.222 e. The van der Waals surface area contributed by atoms with Crippen molar-refractivity contribution >= 4 is 16.7 Å². The first-order valence-electron chi connectivity index (χ1n) is 6.57. The van der Waals surface area contributed by atoms with Crippen LogP contribution in [-0.4, -0.2) is 54.5 Å². The van der Waals surface area contributed by atoms with Gasteiger partial charge < -0.3 is 15.4 Å². The van der Waals surface area contributed by atoms with Crippen molar-refractivity contribution in [1.29, 1.82) is 0 Å². The van der Waals surface area contributed by atoms with Gasteiger partial charge in [0.15, 0.2) is 0 Å². The minimum absolute atomic E-state index is 0.0193. The van der Waals surface area contributed by atoms with Crippen LogP contribution in [-0.2, 0) is 20.3 Å². The van der Waals surface area contributed by atoms with Crippen LogP contribution >= 0.6 is 0 Å². The van der Waals surface area contributed by atoms with E-state index in [4.69, 9.17) is 4.74 Å². The van der Waals surface area contributed by atoms with E-state index in [1.165, 1.54) is 0 Å². The van der Waals surface area contributed by atoms with Gasteiger partial charge >= 0.3 is 0 Å². The highest BCUT2D eigenvalue weighted by Crippen LogP contribution is 2.07. The molecule has 18 heavy (non-hydrogen) atoms. The van der Waals surface area contributed by atoms with Gasteiger partial charge in [-0.2, -0.15) is 0 Å². The Bertz CT molecular complexity index is 268. The average molecular weight is 276 g/mol. The van der Waals surface area contributed by atoms with Crippen LogP contribution in [0.15, 0.2) is 0 Å². The highest BCUT2D eigenvalue weighted by molar-refractivity contribution is 7.84. The van der Waals surface area contributed by atoms with Crippen molar-refractivity contribution in [3.8, 4) is 0 Å². The molecule has 1 rings (SSSR count). The molecule has 0 aromatic heterocycles. The van der Waals surface area contributed by atoms with Crippen molar-refractivity contribution in [2.75, 3.05) is 38.2 Å². The summed E-state index contributed by atoms with van der Waals surface area (Å²) in [6.07, 6.45) is 5.23. The lowest BCUT2D eigenvalue weighted by atomic mass is 10.1. The number of hydrogen-bond donors (Lipinski definition) is 2. The highest BCUT2D eigenvalue weighted by Gasteiger charge is 2.13. The van der Waals surface area contributed by atoms with Crippen molar-refractivity contribution in [2.45, 2.75) is 31.8 Å². The summed E-state index contributed by atoms with van der Waals surface area (Å²) in [5.41, 5.74) is 0. The number of piperidine rings is 1. The quantitative estimate of drug-likeness (QED) is 0.614. The normalized spacial score (nSPS) is 18.5. The third-order valence-corrected chi connectivity index (χ3v) is 3.76. The Kier molecular flexibility index (Phi) is 8.20. The molecule has 106 valence electrons. The minimum Gasteiger partial charge on any atom is -0.378 e. The van der Waals surface area contributed by atoms with Crippen LogP contribution in [0.3, 0.4) is 0 Å². The van der Waals surface area contributed by atoms with Crippen molar-refractivity contribution in [3.05, 3.63) is 0 Å². The second kappa shape index (κ2) is 9.47. The Morgan fingerprint density at radius 1 is 1.44 bits per heavy atom. The zero-order valence-corrected chi connectivity index (χ0v) is 11.9. The molecular formula is C12H24N2O3S. The lowest BCUT2D eigenvalue weighted by molar-refractivity contribution is -0.122. The molecule has 1 atom stereocenters. The van der Waals surface area contributed by atoms with E-state index < -0.39 is 10.8 Å². The molecule has 2 N–H and O–H groups in total. The molecular weight excluding hydrogens is 252 g/mol. The number of carbonyl (C=O) groups is 1. The lowest BCUT2D eigenvalue weighted by Gasteiger charge is -2.22. The second-order valence-corrected chi connectivity index (χ2v) is 6.11.